The Bertz CT molecular complexity index is 988. The summed E-state index contributed by atoms with van der Waals surface area (Å²) in [4.78, 5) is 12.6. The van der Waals surface area contributed by atoms with Gasteiger partial charge in [0.2, 0.25) is 5.78 Å². The number of hydrogen-bond donors (Lipinski definition) is 0. The molecule has 138 valence electrons. The molecule has 3 aromatic rings. The lowest BCUT2D eigenvalue weighted by Gasteiger charge is -2.07. The second kappa shape index (κ2) is 7.86. The van der Waals surface area contributed by atoms with Crippen LogP contribution in [0.4, 0.5) is 0 Å². The van der Waals surface area contributed by atoms with Crippen LogP contribution in [0, 0.1) is 13.8 Å². The fraction of sp³-hybridized carbons (Fsp3) is 0.190. The molecule has 0 amide bonds. The molecule has 0 aliphatic rings. The van der Waals surface area contributed by atoms with Gasteiger partial charge in [-0.05, 0) is 49.8 Å². The molecule has 1 aromatic heterocycles. The molecule has 0 aliphatic heterocycles. The molecule has 0 spiro atoms. The van der Waals surface area contributed by atoms with Crippen molar-refractivity contribution in [2.75, 3.05) is 14.2 Å². The molecule has 2 aromatic carbocycles. The first-order valence-electron chi connectivity index (χ1n) is 8.47. The van der Waals surface area contributed by atoms with Gasteiger partial charge in [-0.15, -0.1) is 5.10 Å². The fourth-order valence-electron chi connectivity index (χ4n) is 2.70. The van der Waals surface area contributed by atoms with E-state index in [1.807, 2.05) is 44.2 Å². The number of ketones is 1. The lowest BCUT2D eigenvalue weighted by atomic mass is 10.1. The largest absolute Gasteiger partial charge is 0.493 e. The monoisotopic (exact) mass is 363 g/mol. The standard InChI is InChI=1S/C21H21N3O3/c1-14-5-9-17(10-6-14)24-15(2)21(22-23-24)18(25)11-7-16-8-12-19(26-3)20(13-16)27-4/h5-13H,1-4H3/b11-7+. The Morgan fingerprint density at radius 1 is 1.00 bits per heavy atom. The number of carbonyl (C=O) groups excluding carboxylic acids is 1. The Kier molecular flexibility index (Phi) is 5.35. The van der Waals surface area contributed by atoms with E-state index in [1.165, 1.54) is 6.08 Å². The Balaban J connectivity index is 1.83. The highest BCUT2D eigenvalue weighted by molar-refractivity contribution is 6.06. The fourth-order valence-corrected chi connectivity index (χ4v) is 2.70. The van der Waals surface area contributed by atoms with Gasteiger partial charge in [-0.3, -0.25) is 4.79 Å². The molecule has 0 bridgehead atoms. The number of nitrogens with zero attached hydrogens (tertiary/aromatic N) is 3. The molecule has 0 unspecified atom stereocenters. The molecule has 1 heterocycles. The van der Waals surface area contributed by atoms with Crippen molar-refractivity contribution in [2.24, 2.45) is 0 Å². The Labute approximate surface area is 158 Å². The third-order valence-corrected chi connectivity index (χ3v) is 4.24. The van der Waals surface area contributed by atoms with Gasteiger partial charge in [0.1, 0.15) is 0 Å². The van der Waals surface area contributed by atoms with Crippen molar-refractivity contribution in [3.63, 3.8) is 0 Å². The minimum absolute atomic E-state index is 0.208. The summed E-state index contributed by atoms with van der Waals surface area (Å²) in [6, 6.07) is 13.3. The van der Waals surface area contributed by atoms with Gasteiger partial charge in [0, 0.05) is 0 Å². The van der Waals surface area contributed by atoms with E-state index in [0.717, 1.165) is 16.8 Å². The molecular formula is C21H21N3O3. The summed E-state index contributed by atoms with van der Waals surface area (Å²) in [5.74, 6) is 1.03. The zero-order valence-electron chi connectivity index (χ0n) is 15.8. The topological polar surface area (TPSA) is 66.2 Å². The normalized spacial score (nSPS) is 11.0. The van der Waals surface area contributed by atoms with Crippen LogP contribution in [0.2, 0.25) is 0 Å². The van der Waals surface area contributed by atoms with E-state index in [1.54, 1.807) is 37.1 Å². The zero-order chi connectivity index (χ0) is 19.4. The summed E-state index contributed by atoms with van der Waals surface area (Å²) in [6.45, 7) is 3.85. The van der Waals surface area contributed by atoms with Crippen LogP contribution in [0.5, 0.6) is 11.5 Å². The Morgan fingerprint density at radius 3 is 2.37 bits per heavy atom. The SMILES string of the molecule is COc1ccc(/C=C/C(=O)c2nnn(-c3ccc(C)cc3)c2C)cc1OC. The van der Waals surface area contributed by atoms with E-state index in [2.05, 4.69) is 10.3 Å². The quantitative estimate of drug-likeness (QED) is 0.492. The molecule has 3 rings (SSSR count). The minimum atomic E-state index is -0.208. The molecule has 0 N–H and O–H groups in total. The minimum Gasteiger partial charge on any atom is -0.493 e. The first-order valence-corrected chi connectivity index (χ1v) is 8.47. The maximum Gasteiger partial charge on any atom is 0.208 e. The van der Waals surface area contributed by atoms with Gasteiger partial charge in [-0.1, -0.05) is 35.1 Å². The van der Waals surface area contributed by atoms with Crippen LogP contribution in [0.15, 0.2) is 48.5 Å². The maximum absolute atomic E-state index is 12.6. The highest BCUT2D eigenvalue weighted by Crippen LogP contribution is 2.28. The Morgan fingerprint density at radius 2 is 1.70 bits per heavy atom. The first-order chi connectivity index (χ1) is 13.0. The van der Waals surface area contributed by atoms with Gasteiger partial charge in [0.05, 0.1) is 25.6 Å². The molecule has 0 fully saturated rings. The van der Waals surface area contributed by atoms with Crippen LogP contribution in [-0.4, -0.2) is 35.0 Å². The van der Waals surface area contributed by atoms with E-state index in [-0.39, 0.29) is 5.78 Å². The van der Waals surface area contributed by atoms with Crippen molar-refractivity contribution in [3.8, 4) is 17.2 Å². The van der Waals surface area contributed by atoms with Gasteiger partial charge >= 0.3 is 0 Å². The second-order valence-electron chi connectivity index (χ2n) is 6.08. The predicted molar refractivity (Wildman–Crippen MR) is 104 cm³/mol. The molecule has 0 aliphatic carbocycles. The Hall–Kier alpha value is -3.41. The summed E-state index contributed by atoms with van der Waals surface area (Å²) in [7, 11) is 3.15. The summed E-state index contributed by atoms with van der Waals surface area (Å²) in [6.07, 6.45) is 3.20. The van der Waals surface area contributed by atoms with E-state index in [0.29, 0.717) is 22.9 Å². The van der Waals surface area contributed by atoms with Crippen LogP contribution >= 0.6 is 0 Å². The number of hydrogen-bond acceptors (Lipinski definition) is 5. The van der Waals surface area contributed by atoms with Crippen molar-refractivity contribution in [1.82, 2.24) is 15.0 Å². The lowest BCUT2D eigenvalue weighted by molar-refractivity contribution is 0.104. The molecule has 0 saturated carbocycles. The van der Waals surface area contributed by atoms with E-state index >= 15 is 0 Å². The van der Waals surface area contributed by atoms with Crippen LogP contribution < -0.4 is 9.47 Å². The number of aryl methyl sites for hydroxylation is 1. The lowest BCUT2D eigenvalue weighted by Crippen LogP contribution is -2.01. The van der Waals surface area contributed by atoms with Crippen molar-refractivity contribution in [3.05, 3.63) is 71.1 Å². The van der Waals surface area contributed by atoms with Crippen molar-refractivity contribution < 1.29 is 14.3 Å². The average molecular weight is 363 g/mol. The maximum atomic E-state index is 12.6. The molecule has 0 atom stereocenters. The predicted octanol–water partition coefficient (Wildman–Crippen LogP) is 3.80. The van der Waals surface area contributed by atoms with Gasteiger partial charge in [-0.25, -0.2) is 4.68 Å². The number of methoxy groups -OCH3 is 2. The van der Waals surface area contributed by atoms with Gasteiger partial charge in [-0.2, -0.15) is 0 Å². The second-order valence-corrected chi connectivity index (χ2v) is 6.08. The summed E-state index contributed by atoms with van der Waals surface area (Å²) in [5, 5.41) is 8.17. The number of carbonyl (C=O) groups is 1. The molecule has 27 heavy (non-hydrogen) atoms. The molecular weight excluding hydrogens is 342 g/mol. The van der Waals surface area contributed by atoms with Crippen LogP contribution in [0.1, 0.15) is 27.3 Å². The van der Waals surface area contributed by atoms with Gasteiger partial charge < -0.3 is 9.47 Å². The van der Waals surface area contributed by atoms with Crippen LogP contribution in [0.3, 0.4) is 0 Å². The van der Waals surface area contributed by atoms with Crippen molar-refractivity contribution >= 4 is 11.9 Å². The number of aromatic nitrogens is 3. The molecule has 6 heteroatoms. The van der Waals surface area contributed by atoms with Crippen LogP contribution in [-0.2, 0) is 0 Å². The molecule has 6 nitrogen and oxygen atoms in total. The zero-order valence-corrected chi connectivity index (χ0v) is 15.8. The smallest absolute Gasteiger partial charge is 0.208 e. The van der Waals surface area contributed by atoms with Crippen molar-refractivity contribution in [1.29, 1.82) is 0 Å². The number of benzene rings is 2. The number of allylic oxidation sites excluding steroid dienone is 1. The van der Waals surface area contributed by atoms with Gasteiger partial charge in [0.25, 0.3) is 0 Å². The highest BCUT2D eigenvalue weighted by atomic mass is 16.5. The van der Waals surface area contributed by atoms with E-state index in [9.17, 15) is 4.79 Å². The highest BCUT2D eigenvalue weighted by Gasteiger charge is 2.15. The summed E-state index contributed by atoms with van der Waals surface area (Å²) < 4.78 is 12.2. The third-order valence-electron chi connectivity index (χ3n) is 4.24. The average Bonchev–Trinajstić information content (AvgIpc) is 3.08. The molecule has 0 saturated heterocycles. The summed E-state index contributed by atoms with van der Waals surface area (Å²) in [5.41, 5.74) is 3.87. The number of ether oxygens (including phenoxy) is 2. The molecule has 0 radical (unpaired) electrons. The first kappa shape index (κ1) is 18.4. The van der Waals surface area contributed by atoms with E-state index in [4.69, 9.17) is 9.47 Å². The third kappa shape index (κ3) is 3.89. The van der Waals surface area contributed by atoms with Crippen molar-refractivity contribution in [2.45, 2.75) is 13.8 Å². The van der Waals surface area contributed by atoms with Crippen LogP contribution in [0.25, 0.3) is 11.8 Å². The number of rotatable bonds is 6. The summed E-state index contributed by atoms with van der Waals surface area (Å²) >= 11 is 0. The van der Waals surface area contributed by atoms with E-state index < -0.39 is 0 Å². The van der Waals surface area contributed by atoms with Gasteiger partial charge in [0.15, 0.2) is 17.2 Å².